The lowest BCUT2D eigenvalue weighted by Gasteiger charge is -2.14. The van der Waals surface area contributed by atoms with Gasteiger partial charge in [0.05, 0.1) is 11.4 Å². The van der Waals surface area contributed by atoms with Gasteiger partial charge >= 0.3 is 0 Å². The fraction of sp³-hybridized carbons (Fsp3) is 0.250. The van der Waals surface area contributed by atoms with Gasteiger partial charge in [0, 0.05) is 6.20 Å². The number of aliphatic imine (C=N–C) groups is 1. The lowest BCUT2D eigenvalue weighted by Crippen LogP contribution is -2.12. The summed E-state index contributed by atoms with van der Waals surface area (Å²) in [5.74, 6) is 0.890. The van der Waals surface area contributed by atoms with Crippen LogP contribution < -0.4 is 4.43 Å². The van der Waals surface area contributed by atoms with Gasteiger partial charge in [-0.15, -0.1) is 0 Å². The van der Waals surface area contributed by atoms with Crippen LogP contribution in [0.3, 0.4) is 0 Å². The van der Waals surface area contributed by atoms with Crippen molar-refractivity contribution in [1.82, 2.24) is 4.98 Å². The third-order valence-corrected chi connectivity index (χ3v) is 3.43. The topological polar surface area (TPSA) is 34.5 Å². The molecule has 0 spiro atoms. The molecule has 20 heavy (non-hydrogen) atoms. The Morgan fingerprint density at radius 3 is 2.60 bits per heavy atom. The lowest BCUT2D eigenvalue weighted by molar-refractivity contribution is 0.577. The second-order valence-corrected chi connectivity index (χ2v) is 6.87. The minimum Gasteiger partial charge on any atom is -0.541 e. The van der Waals surface area contributed by atoms with Gasteiger partial charge in [0.25, 0.3) is 9.04 Å². The summed E-state index contributed by atoms with van der Waals surface area (Å²) in [6.07, 6.45) is 1.78. The van der Waals surface area contributed by atoms with Crippen LogP contribution in [0.5, 0.6) is 5.75 Å². The van der Waals surface area contributed by atoms with Crippen LogP contribution in [0, 0.1) is 6.92 Å². The maximum atomic E-state index is 5.99. The Kier molecular flexibility index (Phi) is 4.68. The first-order valence-electron chi connectivity index (χ1n) is 6.62. The van der Waals surface area contributed by atoms with Gasteiger partial charge in [0.15, 0.2) is 0 Å². The number of hydrogen-bond donors (Lipinski definition) is 0. The molecule has 4 heteroatoms. The molecule has 3 nitrogen and oxygen atoms in total. The number of pyridine rings is 1. The predicted molar refractivity (Wildman–Crippen MR) is 85.4 cm³/mol. The van der Waals surface area contributed by atoms with Crippen molar-refractivity contribution < 1.29 is 4.43 Å². The smallest absolute Gasteiger partial charge is 0.274 e. The molecule has 1 heterocycles. The molecule has 1 aromatic carbocycles. The minimum atomic E-state index is -0.815. The monoisotopic (exact) mass is 283 g/mol. The zero-order valence-electron chi connectivity index (χ0n) is 12.3. The highest BCUT2D eigenvalue weighted by Gasteiger charge is 2.10. The van der Waals surface area contributed by atoms with E-state index in [4.69, 9.17) is 4.43 Å². The predicted octanol–water partition coefficient (Wildman–Crippen LogP) is 4.16. The summed E-state index contributed by atoms with van der Waals surface area (Å²) in [6.45, 7) is 8.26. The lowest BCUT2D eigenvalue weighted by atomic mass is 10.2. The van der Waals surface area contributed by atoms with Gasteiger partial charge in [0.2, 0.25) is 0 Å². The van der Waals surface area contributed by atoms with Crippen LogP contribution >= 0.6 is 0 Å². The standard InChI is InChI=1S/C16H19N2OSi/c1-12-8-7-10-15(16(12)19-20(3)4)18-13(2)14-9-5-6-11-17-14/h5-11H,1-4H3. The van der Waals surface area contributed by atoms with Crippen molar-refractivity contribution in [3.05, 3.63) is 53.9 Å². The molecule has 0 bridgehead atoms. The molecule has 0 saturated carbocycles. The van der Waals surface area contributed by atoms with E-state index in [2.05, 4.69) is 36.1 Å². The summed E-state index contributed by atoms with van der Waals surface area (Å²) < 4.78 is 5.99. The van der Waals surface area contributed by atoms with Gasteiger partial charge < -0.3 is 4.43 Å². The molecule has 0 amide bonds. The summed E-state index contributed by atoms with van der Waals surface area (Å²) >= 11 is 0. The Labute approximate surface area is 122 Å². The number of nitrogens with zero attached hydrogens (tertiary/aromatic N) is 2. The van der Waals surface area contributed by atoms with Gasteiger partial charge in [-0.05, 0) is 50.7 Å². The molecule has 0 fully saturated rings. The molecule has 103 valence electrons. The quantitative estimate of drug-likeness (QED) is 0.623. The Morgan fingerprint density at radius 2 is 1.95 bits per heavy atom. The molecule has 0 saturated heterocycles. The van der Waals surface area contributed by atoms with Gasteiger partial charge in [-0.3, -0.25) is 4.98 Å². The molecular formula is C16H19N2OSi. The van der Waals surface area contributed by atoms with E-state index < -0.39 is 9.04 Å². The Hall–Kier alpha value is -1.94. The summed E-state index contributed by atoms with van der Waals surface area (Å²) in [7, 11) is -0.815. The van der Waals surface area contributed by atoms with Crippen LogP contribution in [0.15, 0.2) is 47.6 Å². The SMILES string of the molecule is CC(=Nc1cccc(C)c1O[Si](C)C)c1ccccn1. The number of para-hydroxylation sites is 1. The van der Waals surface area contributed by atoms with Crippen LogP contribution in [0.4, 0.5) is 5.69 Å². The van der Waals surface area contributed by atoms with Gasteiger partial charge in [-0.2, -0.15) is 0 Å². The van der Waals surface area contributed by atoms with E-state index in [-0.39, 0.29) is 0 Å². The van der Waals surface area contributed by atoms with Gasteiger partial charge in [0.1, 0.15) is 11.4 Å². The van der Waals surface area contributed by atoms with Gasteiger partial charge in [-0.25, -0.2) is 4.99 Å². The normalized spacial score (nSPS) is 11.8. The van der Waals surface area contributed by atoms with E-state index in [9.17, 15) is 0 Å². The molecule has 2 rings (SSSR count). The van der Waals surface area contributed by atoms with E-state index in [0.717, 1.165) is 28.4 Å². The number of aromatic nitrogens is 1. The highest BCUT2D eigenvalue weighted by atomic mass is 28.3. The van der Waals surface area contributed by atoms with Crippen molar-refractivity contribution in [2.75, 3.05) is 0 Å². The van der Waals surface area contributed by atoms with E-state index in [1.165, 1.54) is 0 Å². The number of hydrogen-bond acceptors (Lipinski definition) is 3. The highest BCUT2D eigenvalue weighted by Crippen LogP contribution is 2.32. The fourth-order valence-corrected chi connectivity index (χ4v) is 2.55. The summed E-state index contributed by atoms with van der Waals surface area (Å²) in [4.78, 5) is 9.01. The second kappa shape index (κ2) is 6.48. The maximum absolute atomic E-state index is 5.99. The van der Waals surface area contributed by atoms with Crippen LogP contribution in [-0.2, 0) is 0 Å². The van der Waals surface area contributed by atoms with Crippen molar-refractivity contribution >= 4 is 20.4 Å². The van der Waals surface area contributed by atoms with E-state index in [1.807, 2.05) is 37.3 Å². The number of rotatable bonds is 4. The van der Waals surface area contributed by atoms with Crippen LogP contribution in [0.25, 0.3) is 0 Å². The third-order valence-electron chi connectivity index (χ3n) is 2.82. The molecule has 0 N–H and O–H groups in total. The van der Waals surface area contributed by atoms with Crippen molar-refractivity contribution in [2.24, 2.45) is 4.99 Å². The third kappa shape index (κ3) is 3.54. The van der Waals surface area contributed by atoms with Crippen molar-refractivity contribution in [1.29, 1.82) is 0 Å². The Balaban J connectivity index is 2.40. The zero-order chi connectivity index (χ0) is 14.5. The maximum Gasteiger partial charge on any atom is 0.274 e. The van der Waals surface area contributed by atoms with Gasteiger partial charge in [-0.1, -0.05) is 18.2 Å². The molecule has 0 aliphatic rings. The van der Waals surface area contributed by atoms with Crippen LogP contribution in [-0.4, -0.2) is 19.7 Å². The summed E-state index contributed by atoms with van der Waals surface area (Å²) in [5, 5.41) is 0. The van der Waals surface area contributed by atoms with E-state index in [1.54, 1.807) is 6.20 Å². The second-order valence-electron chi connectivity index (χ2n) is 4.85. The fourth-order valence-electron chi connectivity index (χ4n) is 1.88. The molecule has 0 aliphatic carbocycles. The molecule has 0 aliphatic heterocycles. The van der Waals surface area contributed by atoms with E-state index in [0.29, 0.717) is 0 Å². The molecule has 0 atom stereocenters. The largest absolute Gasteiger partial charge is 0.541 e. The highest BCUT2D eigenvalue weighted by molar-refractivity contribution is 6.49. The minimum absolute atomic E-state index is 0.815. The Bertz CT molecular complexity index is 609. The molecule has 0 unspecified atom stereocenters. The van der Waals surface area contributed by atoms with Crippen molar-refractivity contribution in [3.8, 4) is 5.75 Å². The van der Waals surface area contributed by atoms with E-state index >= 15 is 0 Å². The first kappa shape index (κ1) is 14.5. The Morgan fingerprint density at radius 1 is 1.15 bits per heavy atom. The molecule has 2 aromatic rings. The molecule has 1 radical (unpaired) electrons. The molecule has 1 aromatic heterocycles. The van der Waals surface area contributed by atoms with Crippen LogP contribution in [0.1, 0.15) is 18.2 Å². The van der Waals surface area contributed by atoms with Crippen molar-refractivity contribution in [2.45, 2.75) is 26.9 Å². The van der Waals surface area contributed by atoms with Crippen LogP contribution in [0.2, 0.25) is 13.1 Å². The first-order valence-corrected chi connectivity index (χ1v) is 9.03. The summed E-state index contributed by atoms with van der Waals surface area (Å²) in [5.41, 5.74) is 3.77. The zero-order valence-corrected chi connectivity index (χ0v) is 13.3. The number of aryl methyl sites for hydroxylation is 1. The molecular weight excluding hydrogens is 264 g/mol. The average Bonchev–Trinajstić information content (AvgIpc) is 2.43. The first-order chi connectivity index (χ1) is 9.58. The number of benzene rings is 1. The average molecular weight is 283 g/mol. The van der Waals surface area contributed by atoms with Crippen molar-refractivity contribution in [3.63, 3.8) is 0 Å². The summed E-state index contributed by atoms with van der Waals surface area (Å²) in [6, 6.07) is 11.9.